The van der Waals surface area contributed by atoms with Crippen LogP contribution < -0.4 is 10.9 Å². The lowest BCUT2D eigenvalue weighted by Crippen LogP contribution is -2.35. The number of carbonyl (C=O) groups is 1. The number of nitrogens with one attached hydrogen (secondary N) is 2. The molecule has 6 nitrogen and oxygen atoms in total. The molecule has 0 spiro atoms. The first kappa shape index (κ1) is 13.8. The van der Waals surface area contributed by atoms with E-state index in [2.05, 4.69) is 15.3 Å². The topological polar surface area (TPSA) is 84.1 Å². The van der Waals surface area contributed by atoms with Gasteiger partial charge in [-0.1, -0.05) is 0 Å². The summed E-state index contributed by atoms with van der Waals surface area (Å²) in [4.78, 5) is 31.1. The van der Waals surface area contributed by atoms with E-state index in [1.54, 1.807) is 18.3 Å². The third kappa shape index (κ3) is 2.80. The van der Waals surface area contributed by atoms with Gasteiger partial charge in [-0.3, -0.25) is 14.6 Å². The fraction of sp³-hybridized carbons (Fsp3) is 0.400. The highest BCUT2D eigenvalue weighted by Crippen LogP contribution is 2.14. The maximum Gasteiger partial charge on any atom is 0.261 e. The van der Waals surface area contributed by atoms with Crippen molar-refractivity contribution >= 4 is 16.8 Å². The largest absolute Gasteiger partial charge is 0.376 e. The van der Waals surface area contributed by atoms with Crippen LogP contribution in [0.4, 0.5) is 0 Å². The Kier molecular flexibility index (Phi) is 3.70. The molecule has 2 N–H and O–H groups in total. The minimum atomic E-state index is -0.391. The van der Waals surface area contributed by atoms with E-state index < -0.39 is 5.56 Å². The first-order valence-corrected chi connectivity index (χ1v) is 7.03. The van der Waals surface area contributed by atoms with E-state index >= 15 is 0 Å². The van der Waals surface area contributed by atoms with Gasteiger partial charge in [0.1, 0.15) is 5.56 Å². The Morgan fingerprint density at radius 1 is 1.57 bits per heavy atom. The number of aromatic amines is 1. The number of rotatable bonds is 3. The molecule has 1 unspecified atom stereocenters. The molecule has 0 radical (unpaired) electrons. The van der Waals surface area contributed by atoms with E-state index in [1.807, 2.05) is 6.92 Å². The highest BCUT2D eigenvalue weighted by Gasteiger charge is 2.18. The van der Waals surface area contributed by atoms with Crippen molar-refractivity contribution in [2.75, 3.05) is 13.2 Å². The summed E-state index contributed by atoms with van der Waals surface area (Å²) >= 11 is 0. The molecular weight excluding hydrogens is 270 g/mol. The summed E-state index contributed by atoms with van der Waals surface area (Å²) in [5, 5.41) is 3.54. The number of aryl methyl sites for hydroxylation is 1. The number of H-pyrrole nitrogens is 1. The van der Waals surface area contributed by atoms with E-state index in [0.717, 1.165) is 30.5 Å². The van der Waals surface area contributed by atoms with Gasteiger partial charge in [0.05, 0.1) is 11.6 Å². The fourth-order valence-electron chi connectivity index (χ4n) is 2.54. The summed E-state index contributed by atoms with van der Waals surface area (Å²) in [6.07, 6.45) is 3.64. The molecule has 1 fully saturated rings. The van der Waals surface area contributed by atoms with Crippen molar-refractivity contribution in [3.63, 3.8) is 0 Å². The SMILES string of the molecule is Cc1nccc2[nH]c(=O)c(C(=O)NCC3CCCO3)cc12. The van der Waals surface area contributed by atoms with E-state index in [9.17, 15) is 9.59 Å². The molecule has 1 aliphatic heterocycles. The zero-order chi connectivity index (χ0) is 14.8. The predicted octanol–water partition coefficient (Wildman–Crippen LogP) is 1.14. The summed E-state index contributed by atoms with van der Waals surface area (Å²) in [6, 6.07) is 3.32. The summed E-state index contributed by atoms with van der Waals surface area (Å²) in [6.45, 7) is 3.01. The van der Waals surface area contributed by atoms with Gasteiger partial charge in [0.15, 0.2) is 0 Å². The molecule has 0 aliphatic carbocycles. The first-order chi connectivity index (χ1) is 10.1. The fourth-order valence-corrected chi connectivity index (χ4v) is 2.54. The van der Waals surface area contributed by atoms with Crippen molar-refractivity contribution in [1.29, 1.82) is 0 Å². The van der Waals surface area contributed by atoms with Crippen LogP contribution in [0, 0.1) is 6.92 Å². The van der Waals surface area contributed by atoms with Gasteiger partial charge in [0, 0.05) is 30.4 Å². The third-order valence-electron chi connectivity index (χ3n) is 3.73. The number of pyridine rings is 2. The second kappa shape index (κ2) is 5.65. The van der Waals surface area contributed by atoms with E-state index in [-0.39, 0.29) is 17.6 Å². The van der Waals surface area contributed by atoms with Crippen LogP contribution >= 0.6 is 0 Å². The normalized spacial score (nSPS) is 18.0. The zero-order valence-electron chi connectivity index (χ0n) is 11.8. The minimum absolute atomic E-state index is 0.0527. The molecule has 1 atom stereocenters. The second-order valence-corrected chi connectivity index (χ2v) is 5.21. The number of fused-ring (bicyclic) bond motifs is 1. The number of hydrogen-bond donors (Lipinski definition) is 2. The van der Waals surface area contributed by atoms with Crippen molar-refractivity contribution in [1.82, 2.24) is 15.3 Å². The lowest BCUT2D eigenvalue weighted by Gasteiger charge is -2.11. The van der Waals surface area contributed by atoms with Gasteiger partial charge in [-0.2, -0.15) is 0 Å². The highest BCUT2D eigenvalue weighted by atomic mass is 16.5. The second-order valence-electron chi connectivity index (χ2n) is 5.21. The maximum absolute atomic E-state index is 12.2. The van der Waals surface area contributed by atoms with E-state index in [0.29, 0.717) is 12.1 Å². The maximum atomic E-state index is 12.2. The van der Waals surface area contributed by atoms with Crippen LogP contribution in [0.1, 0.15) is 28.9 Å². The van der Waals surface area contributed by atoms with Crippen LogP contribution in [0.3, 0.4) is 0 Å². The molecule has 110 valence electrons. The summed E-state index contributed by atoms with van der Waals surface area (Å²) in [7, 11) is 0. The van der Waals surface area contributed by atoms with Crippen LogP contribution in [0.5, 0.6) is 0 Å². The monoisotopic (exact) mass is 287 g/mol. The average molecular weight is 287 g/mol. The van der Waals surface area contributed by atoms with Gasteiger partial charge in [-0.05, 0) is 31.9 Å². The van der Waals surface area contributed by atoms with E-state index in [1.165, 1.54) is 0 Å². The molecule has 1 saturated heterocycles. The average Bonchev–Trinajstić information content (AvgIpc) is 2.98. The molecule has 2 aromatic rings. The highest BCUT2D eigenvalue weighted by molar-refractivity contribution is 5.97. The lowest BCUT2D eigenvalue weighted by molar-refractivity contribution is 0.0856. The van der Waals surface area contributed by atoms with Gasteiger partial charge in [-0.15, -0.1) is 0 Å². The molecule has 2 aromatic heterocycles. The molecule has 21 heavy (non-hydrogen) atoms. The lowest BCUT2D eigenvalue weighted by atomic mass is 10.1. The van der Waals surface area contributed by atoms with Gasteiger partial charge in [0.2, 0.25) is 0 Å². The van der Waals surface area contributed by atoms with Crippen LogP contribution in [0.25, 0.3) is 10.9 Å². The smallest absolute Gasteiger partial charge is 0.261 e. The Morgan fingerprint density at radius 3 is 3.19 bits per heavy atom. The van der Waals surface area contributed by atoms with E-state index in [4.69, 9.17) is 4.74 Å². The summed E-state index contributed by atoms with van der Waals surface area (Å²) < 4.78 is 5.45. The van der Waals surface area contributed by atoms with Gasteiger partial charge in [0.25, 0.3) is 11.5 Å². The van der Waals surface area contributed by atoms with Gasteiger partial charge < -0.3 is 15.0 Å². The Morgan fingerprint density at radius 2 is 2.43 bits per heavy atom. The Balaban J connectivity index is 1.85. The number of carbonyl (C=O) groups excluding carboxylic acids is 1. The number of nitrogens with zero attached hydrogens (tertiary/aromatic N) is 1. The molecule has 3 rings (SSSR count). The van der Waals surface area contributed by atoms with Crippen molar-refractivity contribution in [2.24, 2.45) is 0 Å². The van der Waals surface area contributed by atoms with Crippen LogP contribution in [0.2, 0.25) is 0 Å². The van der Waals surface area contributed by atoms with Crippen LogP contribution in [0.15, 0.2) is 23.1 Å². The van der Waals surface area contributed by atoms with Crippen molar-refractivity contribution in [3.8, 4) is 0 Å². The molecule has 0 bridgehead atoms. The van der Waals surface area contributed by atoms with Crippen LogP contribution in [-0.4, -0.2) is 35.1 Å². The first-order valence-electron chi connectivity index (χ1n) is 7.03. The van der Waals surface area contributed by atoms with Crippen molar-refractivity contribution in [2.45, 2.75) is 25.9 Å². The standard InChI is InChI=1S/C15H17N3O3/c1-9-11-7-12(15(20)18-13(11)4-5-16-9)14(19)17-8-10-3-2-6-21-10/h4-5,7,10H,2-3,6,8H2,1H3,(H,17,19)(H,18,20). The number of hydrogen-bond acceptors (Lipinski definition) is 4. The Labute approximate surface area is 121 Å². The number of ether oxygens (including phenoxy) is 1. The molecule has 0 aromatic carbocycles. The third-order valence-corrected chi connectivity index (χ3v) is 3.73. The van der Waals surface area contributed by atoms with Crippen molar-refractivity contribution in [3.05, 3.63) is 39.9 Å². The van der Waals surface area contributed by atoms with Crippen LogP contribution in [-0.2, 0) is 4.74 Å². The Bertz CT molecular complexity index is 733. The molecule has 6 heteroatoms. The zero-order valence-corrected chi connectivity index (χ0v) is 11.8. The number of amides is 1. The van der Waals surface area contributed by atoms with Crippen molar-refractivity contribution < 1.29 is 9.53 Å². The van der Waals surface area contributed by atoms with Gasteiger partial charge >= 0.3 is 0 Å². The number of aromatic nitrogens is 2. The summed E-state index contributed by atoms with van der Waals surface area (Å²) in [5.74, 6) is -0.378. The molecular formula is C15H17N3O3. The predicted molar refractivity (Wildman–Crippen MR) is 78.4 cm³/mol. The quantitative estimate of drug-likeness (QED) is 0.886. The summed E-state index contributed by atoms with van der Waals surface area (Å²) in [5.41, 5.74) is 1.18. The Hall–Kier alpha value is -2.21. The molecule has 1 aliphatic rings. The molecule has 0 saturated carbocycles. The molecule has 3 heterocycles. The minimum Gasteiger partial charge on any atom is -0.376 e. The molecule has 1 amide bonds. The van der Waals surface area contributed by atoms with Gasteiger partial charge in [-0.25, -0.2) is 0 Å².